The molecule has 0 saturated heterocycles. The van der Waals surface area contributed by atoms with Crippen LogP contribution in [0.3, 0.4) is 0 Å². The summed E-state index contributed by atoms with van der Waals surface area (Å²) >= 11 is 0. The lowest BCUT2D eigenvalue weighted by atomic mass is 9.73. The van der Waals surface area contributed by atoms with Crippen molar-refractivity contribution in [2.75, 3.05) is 13.2 Å². The molecule has 7 nitrogen and oxygen atoms in total. The fraction of sp³-hybridized carbons (Fsp3) is 0.444. The third-order valence-electron chi connectivity index (χ3n) is 6.97. The quantitative estimate of drug-likeness (QED) is 0.486. The lowest BCUT2D eigenvalue weighted by molar-refractivity contribution is -0.137. The number of benzene rings is 2. The van der Waals surface area contributed by atoms with Crippen LogP contribution in [0.5, 0.6) is 0 Å². The van der Waals surface area contributed by atoms with Crippen LogP contribution in [0.25, 0.3) is 11.1 Å². The van der Waals surface area contributed by atoms with Crippen LogP contribution in [0.4, 0.5) is 4.79 Å². The summed E-state index contributed by atoms with van der Waals surface area (Å²) in [5.74, 6) is -0.357. The van der Waals surface area contributed by atoms with Gasteiger partial charge in [-0.2, -0.15) is 0 Å². The van der Waals surface area contributed by atoms with Crippen molar-refractivity contribution in [2.45, 2.75) is 51.0 Å². The van der Waals surface area contributed by atoms with Crippen molar-refractivity contribution < 1.29 is 24.2 Å². The number of carboxylic acids is 1. The van der Waals surface area contributed by atoms with Crippen LogP contribution in [0.15, 0.2) is 48.5 Å². The van der Waals surface area contributed by atoms with Gasteiger partial charge in [0.05, 0.1) is 6.42 Å². The Hall–Kier alpha value is -3.35. The molecule has 180 valence electrons. The normalized spacial score (nSPS) is 19.3. The molecule has 2 aliphatic carbocycles. The highest BCUT2D eigenvalue weighted by atomic mass is 16.5. The number of aliphatic carboxylic acids is 1. The minimum atomic E-state index is -0.907. The standard InChI is InChI=1S/C27H32N2O5/c1-2-19(14-26(31)32)29-25(30)13-17-11-18(12-17)15-28-27(33)34-16-24-22-9-5-3-7-20(22)21-8-4-6-10-23(21)24/h3-10,17-19,24H,2,11-16H2,1H3,(H,28,33)(H,29,30)(H,31,32)/t17?,18?,19-/m0/s1. The number of rotatable bonds is 10. The highest BCUT2D eigenvalue weighted by Gasteiger charge is 2.32. The molecule has 0 aromatic heterocycles. The first kappa shape index (κ1) is 23.8. The summed E-state index contributed by atoms with van der Waals surface area (Å²) in [6, 6.07) is 16.2. The van der Waals surface area contributed by atoms with Gasteiger partial charge in [0.15, 0.2) is 0 Å². The number of carbonyl (C=O) groups is 3. The van der Waals surface area contributed by atoms with Crippen molar-refractivity contribution in [3.05, 3.63) is 59.7 Å². The van der Waals surface area contributed by atoms with Crippen molar-refractivity contribution >= 4 is 18.0 Å². The summed E-state index contributed by atoms with van der Waals surface area (Å²) < 4.78 is 5.58. The van der Waals surface area contributed by atoms with E-state index in [1.165, 1.54) is 22.3 Å². The van der Waals surface area contributed by atoms with Gasteiger partial charge in [0.25, 0.3) is 0 Å². The fourth-order valence-corrected chi connectivity index (χ4v) is 5.14. The fourth-order valence-electron chi connectivity index (χ4n) is 5.14. The van der Waals surface area contributed by atoms with E-state index in [4.69, 9.17) is 9.84 Å². The molecule has 0 unspecified atom stereocenters. The van der Waals surface area contributed by atoms with E-state index in [1.807, 2.05) is 31.2 Å². The van der Waals surface area contributed by atoms with Gasteiger partial charge < -0.3 is 20.5 Å². The van der Waals surface area contributed by atoms with Gasteiger partial charge in [-0.25, -0.2) is 4.79 Å². The summed E-state index contributed by atoms with van der Waals surface area (Å²) in [7, 11) is 0. The van der Waals surface area contributed by atoms with Crippen LogP contribution in [-0.2, 0) is 14.3 Å². The van der Waals surface area contributed by atoms with E-state index in [2.05, 4.69) is 34.9 Å². The maximum Gasteiger partial charge on any atom is 0.407 e. The summed E-state index contributed by atoms with van der Waals surface area (Å²) in [5, 5.41) is 14.6. The van der Waals surface area contributed by atoms with E-state index in [9.17, 15) is 14.4 Å². The average molecular weight is 465 g/mol. The minimum Gasteiger partial charge on any atom is -0.481 e. The number of carbonyl (C=O) groups excluding carboxylic acids is 2. The zero-order valence-electron chi connectivity index (χ0n) is 19.5. The molecule has 34 heavy (non-hydrogen) atoms. The van der Waals surface area contributed by atoms with E-state index in [-0.39, 0.29) is 30.2 Å². The Bertz CT molecular complexity index is 1000. The topological polar surface area (TPSA) is 105 Å². The highest BCUT2D eigenvalue weighted by molar-refractivity contribution is 5.79. The second-order valence-electron chi connectivity index (χ2n) is 9.38. The largest absolute Gasteiger partial charge is 0.481 e. The lowest BCUT2D eigenvalue weighted by Crippen LogP contribution is -2.41. The Morgan fingerprint density at radius 1 is 1.00 bits per heavy atom. The van der Waals surface area contributed by atoms with E-state index in [1.54, 1.807) is 0 Å². The minimum absolute atomic E-state index is 0.0396. The SMILES string of the molecule is CC[C@@H](CC(=O)O)NC(=O)CC1CC(CNC(=O)OCC2c3ccccc3-c3ccccc32)C1. The number of amides is 2. The third-order valence-corrected chi connectivity index (χ3v) is 6.97. The van der Waals surface area contributed by atoms with Crippen molar-refractivity contribution in [1.82, 2.24) is 10.6 Å². The molecule has 7 heteroatoms. The molecule has 0 radical (unpaired) electrons. The van der Waals surface area contributed by atoms with Crippen molar-refractivity contribution in [1.29, 1.82) is 0 Å². The Morgan fingerprint density at radius 3 is 2.21 bits per heavy atom. The van der Waals surface area contributed by atoms with E-state index in [0.717, 1.165) is 12.8 Å². The number of alkyl carbamates (subject to hydrolysis) is 1. The maximum absolute atomic E-state index is 12.3. The molecule has 2 aromatic rings. The van der Waals surface area contributed by atoms with E-state index < -0.39 is 12.1 Å². The van der Waals surface area contributed by atoms with E-state index >= 15 is 0 Å². The Morgan fingerprint density at radius 2 is 1.62 bits per heavy atom. The van der Waals surface area contributed by atoms with Gasteiger partial charge in [-0.15, -0.1) is 0 Å². The first-order valence-electron chi connectivity index (χ1n) is 12.0. The summed E-state index contributed by atoms with van der Waals surface area (Å²) in [5.41, 5.74) is 4.77. The highest BCUT2D eigenvalue weighted by Crippen LogP contribution is 2.44. The van der Waals surface area contributed by atoms with Crippen molar-refractivity contribution in [3.8, 4) is 11.1 Å². The van der Waals surface area contributed by atoms with Crippen LogP contribution >= 0.6 is 0 Å². The van der Waals surface area contributed by atoms with Crippen LogP contribution < -0.4 is 10.6 Å². The van der Waals surface area contributed by atoms with Gasteiger partial charge in [-0.05, 0) is 53.4 Å². The van der Waals surface area contributed by atoms with Crippen LogP contribution in [0.2, 0.25) is 0 Å². The molecule has 2 amide bonds. The molecule has 0 spiro atoms. The van der Waals surface area contributed by atoms with Crippen LogP contribution in [0, 0.1) is 11.8 Å². The molecular formula is C27H32N2O5. The summed E-state index contributed by atoms with van der Waals surface area (Å²) in [4.78, 5) is 35.3. The van der Waals surface area contributed by atoms with Crippen LogP contribution in [-0.4, -0.2) is 42.3 Å². The first-order valence-corrected chi connectivity index (χ1v) is 12.0. The average Bonchev–Trinajstić information content (AvgIpc) is 3.12. The number of hydrogen-bond acceptors (Lipinski definition) is 4. The van der Waals surface area contributed by atoms with Crippen LogP contribution in [0.1, 0.15) is 56.1 Å². The number of ether oxygens (including phenoxy) is 1. The van der Waals surface area contributed by atoms with Gasteiger partial charge in [-0.1, -0.05) is 55.5 Å². The molecular weight excluding hydrogens is 432 g/mol. The smallest absolute Gasteiger partial charge is 0.407 e. The molecule has 1 fully saturated rings. The van der Waals surface area contributed by atoms with Gasteiger partial charge in [-0.3, -0.25) is 9.59 Å². The summed E-state index contributed by atoms with van der Waals surface area (Å²) in [6.45, 7) is 2.69. The maximum atomic E-state index is 12.3. The molecule has 0 bridgehead atoms. The Labute approximate surface area is 199 Å². The van der Waals surface area contributed by atoms with Gasteiger partial charge >= 0.3 is 12.1 Å². The molecule has 2 aliphatic rings. The second-order valence-corrected chi connectivity index (χ2v) is 9.38. The molecule has 1 saturated carbocycles. The predicted octanol–water partition coefficient (Wildman–Crippen LogP) is 4.31. The van der Waals surface area contributed by atoms with Gasteiger partial charge in [0.1, 0.15) is 6.61 Å². The number of fused-ring (bicyclic) bond motifs is 3. The number of nitrogens with one attached hydrogen (secondary N) is 2. The second kappa shape index (κ2) is 10.7. The predicted molar refractivity (Wildman–Crippen MR) is 128 cm³/mol. The molecule has 4 rings (SSSR count). The first-order chi connectivity index (χ1) is 16.4. The summed E-state index contributed by atoms with van der Waals surface area (Å²) in [6.07, 6.45) is 2.26. The molecule has 3 N–H and O–H groups in total. The Kier molecular flexibility index (Phi) is 7.50. The van der Waals surface area contributed by atoms with Crippen molar-refractivity contribution in [3.63, 3.8) is 0 Å². The van der Waals surface area contributed by atoms with E-state index in [0.29, 0.717) is 31.9 Å². The zero-order valence-corrected chi connectivity index (χ0v) is 19.5. The molecule has 1 atom stereocenters. The van der Waals surface area contributed by atoms with Gasteiger partial charge in [0.2, 0.25) is 5.91 Å². The number of hydrogen-bond donors (Lipinski definition) is 3. The zero-order chi connectivity index (χ0) is 24.1. The molecule has 0 heterocycles. The van der Waals surface area contributed by atoms with Crippen molar-refractivity contribution in [2.24, 2.45) is 11.8 Å². The lowest BCUT2D eigenvalue weighted by Gasteiger charge is -2.35. The molecule has 2 aromatic carbocycles. The Balaban J connectivity index is 1.17. The third kappa shape index (κ3) is 5.58. The van der Waals surface area contributed by atoms with Gasteiger partial charge in [0, 0.05) is 24.9 Å². The molecule has 0 aliphatic heterocycles. The monoisotopic (exact) mass is 464 g/mol. The number of carboxylic acid groups (broad SMARTS) is 1.